The Kier molecular flexibility index (Phi) is 5.20. The minimum absolute atomic E-state index is 0.235. The zero-order valence-electron chi connectivity index (χ0n) is 15.7. The van der Waals surface area contributed by atoms with E-state index >= 15 is 0 Å². The highest BCUT2D eigenvalue weighted by Gasteiger charge is 2.74. The molecular formula is C20H23N5S2. The number of amidine groups is 1. The zero-order chi connectivity index (χ0) is 19.7. The van der Waals surface area contributed by atoms with Gasteiger partial charge in [0.25, 0.3) is 0 Å². The van der Waals surface area contributed by atoms with Crippen molar-refractivity contribution in [1.82, 2.24) is 5.32 Å². The molecule has 7 heteroatoms. The Labute approximate surface area is 169 Å². The number of thioether (sulfide) groups is 2. The number of nitrogens with two attached hydrogens (primary N) is 1. The van der Waals surface area contributed by atoms with Gasteiger partial charge in [0.05, 0.1) is 18.2 Å². The summed E-state index contributed by atoms with van der Waals surface area (Å²) in [6.07, 6.45) is 1.88. The van der Waals surface area contributed by atoms with E-state index in [2.05, 4.69) is 17.5 Å². The van der Waals surface area contributed by atoms with Crippen molar-refractivity contribution in [1.29, 1.82) is 10.5 Å². The summed E-state index contributed by atoms with van der Waals surface area (Å²) in [6, 6.07) is 14.2. The van der Waals surface area contributed by atoms with Gasteiger partial charge in [0, 0.05) is 5.70 Å². The number of allylic oxidation sites excluding steroid dienone is 1. The molecule has 0 aromatic heterocycles. The Hall–Kier alpha value is -2.09. The highest BCUT2D eigenvalue weighted by Crippen LogP contribution is 2.68. The van der Waals surface area contributed by atoms with E-state index in [-0.39, 0.29) is 5.84 Å². The van der Waals surface area contributed by atoms with Crippen LogP contribution in [0.1, 0.15) is 32.4 Å². The van der Waals surface area contributed by atoms with Crippen LogP contribution in [-0.2, 0) is 0 Å². The first-order valence-corrected chi connectivity index (χ1v) is 10.9. The Balaban J connectivity index is 2.35. The van der Waals surface area contributed by atoms with Gasteiger partial charge in [-0.1, -0.05) is 44.2 Å². The maximum absolute atomic E-state index is 10.5. The molecule has 0 spiro atoms. The summed E-state index contributed by atoms with van der Waals surface area (Å²) in [6.45, 7) is 6.01. The van der Waals surface area contributed by atoms with Crippen LogP contribution < -0.4 is 11.1 Å². The van der Waals surface area contributed by atoms with Crippen molar-refractivity contribution in [2.24, 2.45) is 21.6 Å². The third-order valence-electron chi connectivity index (χ3n) is 5.20. The minimum atomic E-state index is -1.28. The lowest BCUT2D eigenvalue weighted by atomic mass is 9.58. The molecule has 2 heterocycles. The number of nitriles is 2. The van der Waals surface area contributed by atoms with Crippen LogP contribution in [0.4, 0.5) is 0 Å². The van der Waals surface area contributed by atoms with Crippen molar-refractivity contribution in [3.05, 3.63) is 47.7 Å². The second-order valence-electron chi connectivity index (χ2n) is 6.60. The van der Waals surface area contributed by atoms with Crippen LogP contribution in [0.25, 0.3) is 0 Å². The average molecular weight is 398 g/mol. The van der Waals surface area contributed by atoms with E-state index in [0.717, 1.165) is 22.8 Å². The molecule has 0 saturated heterocycles. The first-order valence-electron chi connectivity index (χ1n) is 8.94. The second-order valence-corrected chi connectivity index (χ2v) is 9.77. The van der Waals surface area contributed by atoms with Crippen molar-refractivity contribution in [2.45, 2.75) is 31.0 Å². The summed E-state index contributed by atoms with van der Waals surface area (Å²) >= 11 is 3.17. The Morgan fingerprint density at radius 1 is 1.15 bits per heavy atom. The molecule has 3 atom stereocenters. The van der Waals surface area contributed by atoms with Crippen LogP contribution in [0.5, 0.6) is 0 Å². The quantitative estimate of drug-likeness (QED) is 0.734. The number of hydrogen-bond acceptors (Lipinski definition) is 7. The van der Waals surface area contributed by atoms with Gasteiger partial charge < -0.3 is 11.1 Å². The predicted molar refractivity (Wildman–Crippen MR) is 113 cm³/mol. The summed E-state index contributed by atoms with van der Waals surface area (Å²) in [4.78, 5) is 4.83. The molecule has 0 amide bonds. The van der Waals surface area contributed by atoms with Gasteiger partial charge in [-0.05, 0) is 30.1 Å². The molecular weight excluding hydrogens is 374 g/mol. The molecule has 2 aliphatic heterocycles. The summed E-state index contributed by atoms with van der Waals surface area (Å²) in [5, 5.41) is 24.4. The van der Waals surface area contributed by atoms with Crippen LogP contribution in [0.15, 0.2) is 47.1 Å². The molecule has 0 bridgehead atoms. The summed E-state index contributed by atoms with van der Waals surface area (Å²) in [5.41, 5.74) is 5.81. The molecule has 2 aliphatic rings. The molecule has 0 saturated carbocycles. The molecule has 0 aliphatic carbocycles. The molecule has 0 radical (unpaired) electrons. The van der Waals surface area contributed by atoms with E-state index in [1.54, 1.807) is 23.5 Å². The molecule has 140 valence electrons. The molecule has 5 nitrogen and oxygen atoms in total. The van der Waals surface area contributed by atoms with E-state index in [4.69, 9.17) is 10.7 Å². The van der Waals surface area contributed by atoms with Crippen molar-refractivity contribution >= 4 is 29.4 Å². The van der Waals surface area contributed by atoms with Crippen LogP contribution in [0.2, 0.25) is 0 Å². The third-order valence-corrected chi connectivity index (χ3v) is 8.09. The van der Waals surface area contributed by atoms with Crippen molar-refractivity contribution in [3.8, 4) is 12.1 Å². The minimum Gasteiger partial charge on any atom is -0.386 e. The third kappa shape index (κ3) is 2.49. The van der Waals surface area contributed by atoms with E-state index < -0.39 is 21.1 Å². The lowest BCUT2D eigenvalue weighted by molar-refractivity contribution is 0.218. The normalized spacial score (nSPS) is 30.9. The fourth-order valence-electron chi connectivity index (χ4n) is 4.17. The fourth-order valence-corrected chi connectivity index (χ4v) is 7.31. The van der Waals surface area contributed by atoms with Gasteiger partial charge in [0.2, 0.25) is 0 Å². The van der Waals surface area contributed by atoms with Crippen molar-refractivity contribution < 1.29 is 0 Å². The van der Waals surface area contributed by atoms with Gasteiger partial charge >= 0.3 is 0 Å². The maximum atomic E-state index is 10.5. The summed E-state index contributed by atoms with van der Waals surface area (Å²) in [7, 11) is 0. The molecule has 0 unspecified atom stereocenters. The SMILES string of the molecule is CCSC1(SCC)N=C(N)[C@]2(C#N)[C@H](c3ccccc3)NC(C)=C[C@@]12C#N. The number of rotatable bonds is 5. The zero-order valence-corrected chi connectivity index (χ0v) is 17.3. The lowest BCUT2D eigenvalue weighted by Crippen LogP contribution is -2.59. The van der Waals surface area contributed by atoms with Gasteiger partial charge in [-0.15, -0.1) is 23.5 Å². The van der Waals surface area contributed by atoms with Gasteiger partial charge in [-0.25, -0.2) is 4.99 Å². The topological polar surface area (TPSA) is 98.0 Å². The smallest absolute Gasteiger partial charge is 0.178 e. The molecule has 3 rings (SSSR count). The van der Waals surface area contributed by atoms with Gasteiger partial charge in [-0.3, -0.25) is 0 Å². The number of aliphatic imine (C=N–C) groups is 1. The van der Waals surface area contributed by atoms with Gasteiger partial charge in [0.1, 0.15) is 11.3 Å². The molecule has 27 heavy (non-hydrogen) atoms. The summed E-state index contributed by atoms with van der Waals surface area (Å²) in [5.74, 6) is 1.77. The maximum Gasteiger partial charge on any atom is 0.178 e. The number of hydrogen-bond donors (Lipinski definition) is 2. The summed E-state index contributed by atoms with van der Waals surface area (Å²) < 4.78 is -0.846. The van der Waals surface area contributed by atoms with Gasteiger partial charge in [0.15, 0.2) is 9.62 Å². The fraction of sp³-hybridized carbons (Fsp3) is 0.450. The number of benzene rings is 1. The molecule has 1 aromatic rings. The monoisotopic (exact) mass is 397 g/mol. The number of nitrogens with zero attached hydrogens (tertiary/aromatic N) is 3. The first-order chi connectivity index (χ1) is 13.0. The predicted octanol–water partition coefficient (Wildman–Crippen LogP) is 3.79. The van der Waals surface area contributed by atoms with Crippen LogP contribution in [-0.4, -0.2) is 21.5 Å². The molecule has 0 fully saturated rings. The van der Waals surface area contributed by atoms with Crippen LogP contribution >= 0.6 is 23.5 Å². The molecule has 1 aromatic carbocycles. The Morgan fingerprint density at radius 3 is 2.30 bits per heavy atom. The molecule has 3 N–H and O–H groups in total. The largest absolute Gasteiger partial charge is 0.386 e. The standard InChI is InChI=1S/C20H23N5S2/c1-4-26-20(27-5-2)18(12-21)11-14(3)24-16(15-9-7-6-8-10-15)19(18,13-22)17(23)25-20/h6-11,16,24H,4-5H2,1-3H3,(H2,23,25)/t16-,18-,19-/m0/s1. The van der Waals surface area contributed by atoms with E-state index in [1.165, 1.54) is 0 Å². The van der Waals surface area contributed by atoms with Crippen molar-refractivity contribution in [2.75, 3.05) is 11.5 Å². The number of fused-ring (bicyclic) bond motifs is 1. The van der Waals surface area contributed by atoms with E-state index in [1.807, 2.05) is 57.2 Å². The van der Waals surface area contributed by atoms with Crippen LogP contribution in [0, 0.1) is 33.5 Å². The van der Waals surface area contributed by atoms with Crippen LogP contribution in [0.3, 0.4) is 0 Å². The van der Waals surface area contributed by atoms with E-state index in [9.17, 15) is 10.5 Å². The Bertz CT molecular complexity index is 861. The van der Waals surface area contributed by atoms with Crippen molar-refractivity contribution in [3.63, 3.8) is 0 Å². The van der Waals surface area contributed by atoms with E-state index in [0.29, 0.717) is 0 Å². The van der Waals surface area contributed by atoms with Gasteiger partial charge in [-0.2, -0.15) is 10.5 Å². The second kappa shape index (κ2) is 7.14. The highest BCUT2D eigenvalue weighted by atomic mass is 32.2. The first kappa shape index (κ1) is 19.7. The highest BCUT2D eigenvalue weighted by molar-refractivity contribution is 8.18. The lowest BCUT2D eigenvalue weighted by Gasteiger charge is -2.49. The number of nitrogens with one attached hydrogen (secondary N) is 1. The Morgan fingerprint density at radius 2 is 1.78 bits per heavy atom. The average Bonchev–Trinajstić information content (AvgIpc) is 2.88.